The minimum Gasteiger partial charge on any atom is -0.462 e. The fourth-order valence-corrected chi connectivity index (χ4v) is 5.25. The summed E-state index contributed by atoms with van der Waals surface area (Å²) in [6, 6.07) is 7.51. The number of carbonyl (C=O) groups excluding carboxylic acids is 2. The third kappa shape index (κ3) is 4.33. The van der Waals surface area contributed by atoms with Gasteiger partial charge in [-0.2, -0.15) is 0 Å². The predicted molar refractivity (Wildman–Crippen MR) is 159 cm³/mol. The van der Waals surface area contributed by atoms with Crippen molar-refractivity contribution in [2.75, 3.05) is 13.2 Å². The molecule has 5 heterocycles. The van der Waals surface area contributed by atoms with Crippen molar-refractivity contribution in [1.29, 1.82) is 0 Å². The van der Waals surface area contributed by atoms with E-state index < -0.39 is 11.9 Å². The number of hydrogen-bond acceptors (Lipinski definition) is 6. The SMILES string of the molecule is CCOC(=O)c1c(C)c2cc3nc(c4nc(cc5[nH]c(ccc1[nH]2)c(C(=O)OCC)c5C)C(C)=C4C)C(C)=C3C. The van der Waals surface area contributed by atoms with Gasteiger partial charge in [-0.3, -0.25) is 0 Å². The van der Waals surface area contributed by atoms with E-state index in [0.717, 1.165) is 67.2 Å². The third-order valence-corrected chi connectivity index (χ3v) is 7.87. The molecule has 2 aliphatic heterocycles. The van der Waals surface area contributed by atoms with Crippen molar-refractivity contribution in [3.63, 3.8) is 0 Å². The van der Waals surface area contributed by atoms with Gasteiger partial charge < -0.3 is 19.4 Å². The highest BCUT2D eigenvalue weighted by atomic mass is 16.5. The standard InChI is InChI=1S/C32H34N4O4/c1-9-39-31(37)27-19(7)25-13-23-15(3)17(5)29(35-23)30-18(6)16(4)24(36-30)14-26-20(8)28(32(38)40-10-2)22(34-26)12-11-21(27)33-25/h11-14,33-34H,9-10H2,1-8H3. The summed E-state index contributed by atoms with van der Waals surface area (Å²) >= 11 is 0. The minimum atomic E-state index is -0.417. The molecule has 0 saturated carbocycles. The van der Waals surface area contributed by atoms with E-state index in [2.05, 4.69) is 37.7 Å². The van der Waals surface area contributed by atoms with Gasteiger partial charge in [0.25, 0.3) is 0 Å². The van der Waals surface area contributed by atoms with Crippen molar-refractivity contribution < 1.29 is 19.1 Å². The van der Waals surface area contributed by atoms with Gasteiger partial charge in [0, 0.05) is 11.0 Å². The lowest BCUT2D eigenvalue weighted by molar-refractivity contribution is 0.0518. The zero-order valence-corrected chi connectivity index (χ0v) is 24.3. The first-order valence-electron chi connectivity index (χ1n) is 13.5. The van der Waals surface area contributed by atoms with Gasteiger partial charge >= 0.3 is 11.9 Å². The maximum Gasteiger partial charge on any atom is 0.340 e. The van der Waals surface area contributed by atoms with Crippen LogP contribution in [-0.4, -0.2) is 45.1 Å². The van der Waals surface area contributed by atoms with Gasteiger partial charge in [0.15, 0.2) is 0 Å². The second kappa shape index (κ2) is 10.3. The zero-order valence-electron chi connectivity index (χ0n) is 24.3. The molecule has 2 N–H and O–H groups in total. The number of fused-ring (bicyclic) bond motifs is 9. The number of aryl methyl sites for hydroxylation is 2. The van der Waals surface area contributed by atoms with Crippen molar-refractivity contribution in [1.82, 2.24) is 19.9 Å². The van der Waals surface area contributed by atoms with E-state index in [1.54, 1.807) is 26.0 Å². The molecule has 0 spiro atoms. The van der Waals surface area contributed by atoms with Crippen molar-refractivity contribution >= 4 is 56.3 Å². The highest BCUT2D eigenvalue weighted by Gasteiger charge is 2.24. The molecule has 0 atom stereocenters. The first-order valence-corrected chi connectivity index (χ1v) is 13.5. The highest BCUT2D eigenvalue weighted by molar-refractivity contribution is 6.04. The van der Waals surface area contributed by atoms with Crippen LogP contribution in [0.15, 0.2) is 24.3 Å². The molecule has 3 aromatic heterocycles. The minimum absolute atomic E-state index is 0.257. The fraction of sp³-hybridized carbons (Fsp3) is 0.312. The molecule has 2 aliphatic rings. The number of rotatable bonds is 4. The van der Waals surface area contributed by atoms with Crippen LogP contribution in [-0.2, 0) is 9.47 Å². The Morgan fingerprint density at radius 3 is 1.35 bits per heavy atom. The maximum atomic E-state index is 13.0. The molecule has 5 rings (SSSR count). The Bertz CT molecular complexity index is 1690. The smallest absolute Gasteiger partial charge is 0.340 e. The number of ether oxygens (including phenoxy) is 2. The number of nitrogens with one attached hydrogen (secondary N) is 2. The number of nitrogens with zero attached hydrogens (tertiary/aromatic N) is 2. The molecule has 0 saturated heterocycles. The van der Waals surface area contributed by atoms with Crippen LogP contribution in [0.5, 0.6) is 0 Å². The van der Waals surface area contributed by atoms with E-state index in [4.69, 9.17) is 19.4 Å². The molecule has 0 fully saturated rings. The molecule has 206 valence electrons. The molecule has 0 amide bonds. The molecular formula is C32H34N4O4. The van der Waals surface area contributed by atoms with Crippen LogP contribution in [0.3, 0.4) is 0 Å². The number of aromatic amines is 2. The van der Waals surface area contributed by atoms with Gasteiger partial charge in [-0.15, -0.1) is 0 Å². The van der Waals surface area contributed by atoms with Crippen LogP contribution in [0, 0.1) is 13.8 Å². The molecule has 8 nitrogen and oxygen atoms in total. The van der Waals surface area contributed by atoms with E-state index in [-0.39, 0.29) is 13.2 Å². The predicted octanol–water partition coefficient (Wildman–Crippen LogP) is 7.19. The summed E-state index contributed by atoms with van der Waals surface area (Å²) < 4.78 is 10.8. The molecule has 0 unspecified atom stereocenters. The van der Waals surface area contributed by atoms with Crippen LogP contribution in [0.2, 0.25) is 0 Å². The second-order valence-electron chi connectivity index (χ2n) is 10.2. The number of hydrogen-bond donors (Lipinski definition) is 2. The van der Waals surface area contributed by atoms with Crippen LogP contribution in [0.4, 0.5) is 0 Å². The van der Waals surface area contributed by atoms with Crippen LogP contribution in [0.25, 0.3) is 44.4 Å². The molecular weight excluding hydrogens is 504 g/mol. The Morgan fingerprint density at radius 1 is 0.625 bits per heavy atom. The van der Waals surface area contributed by atoms with Gasteiger partial charge in [-0.25, -0.2) is 19.6 Å². The van der Waals surface area contributed by atoms with E-state index >= 15 is 0 Å². The highest BCUT2D eigenvalue weighted by Crippen LogP contribution is 2.38. The lowest BCUT2D eigenvalue weighted by Gasteiger charge is -2.01. The van der Waals surface area contributed by atoms with E-state index in [1.807, 2.05) is 26.0 Å². The number of esters is 2. The van der Waals surface area contributed by atoms with Gasteiger partial charge in [0.05, 0.1) is 58.1 Å². The normalized spacial score (nSPS) is 13.2. The Morgan fingerprint density at radius 2 is 1.00 bits per heavy atom. The summed E-state index contributed by atoms with van der Waals surface area (Å²) in [5.41, 5.74) is 12.6. The topological polar surface area (TPSA) is 110 Å². The molecule has 0 aliphatic carbocycles. The summed E-state index contributed by atoms with van der Waals surface area (Å²) in [6.07, 6.45) is 0. The number of aromatic nitrogens is 4. The van der Waals surface area contributed by atoms with Crippen LogP contribution in [0.1, 0.15) is 96.2 Å². The summed E-state index contributed by atoms with van der Waals surface area (Å²) in [6.45, 7) is 16.1. The van der Waals surface area contributed by atoms with Gasteiger partial charge in [0.2, 0.25) is 0 Å². The van der Waals surface area contributed by atoms with E-state index in [1.165, 1.54) is 0 Å². The second-order valence-corrected chi connectivity index (χ2v) is 10.2. The van der Waals surface area contributed by atoms with Crippen molar-refractivity contribution in [3.8, 4) is 0 Å². The Labute approximate surface area is 233 Å². The lowest BCUT2D eigenvalue weighted by atomic mass is 10.0. The average Bonchev–Trinajstić information content (AvgIpc) is 3.58. The van der Waals surface area contributed by atoms with Crippen molar-refractivity contribution in [2.24, 2.45) is 0 Å². The van der Waals surface area contributed by atoms with Gasteiger partial charge in [-0.05, 0) is 113 Å². The quantitative estimate of drug-likeness (QED) is 0.340. The largest absolute Gasteiger partial charge is 0.462 e. The van der Waals surface area contributed by atoms with E-state index in [0.29, 0.717) is 22.2 Å². The van der Waals surface area contributed by atoms with Gasteiger partial charge in [0.1, 0.15) is 0 Å². The Hall–Kier alpha value is -4.46. The first kappa shape index (κ1) is 27.1. The van der Waals surface area contributed by atoms with Crippen LogP contribution < -0.4 is 0 Å². The molecule has 0 aromatic carbocycles. The average molecular weight is 539 g/mol. The molecule has 8 bridgehead atoms. The third-order valence-electron chi connectivity index (χ3n) is 7.87. The summed E-state index contributed by atoms with van der Waals surface area (Å²) in [7, 11) is 0. The Balaban J connectivity index is 1.98. The summed E-state index contributed by atoms with van der Waals surface area (Å²) in [5.74, 6) is -0.835. The van der Waals surface area contributed by atoms with Crippen molar-refractivity contribution in [2.45, 2.75) is 55.4 Å². The number of allylic oxidation sites excluding steroid dienone is 4. The van der Waals surface area contributed by atoms with Crippen LogP contribution >= 0.6 is 0 Å². The molecule has 40 heavy (non-hydrogen) atoms. The molecule has 3 aromatic rings. The molecule has 8 heteroatoms. The number of carbonyl (C=O) groups is 2. The summed E-state index contributed by atoms with van der Waals surface area (Å²) in [5, 5.41) is 0. The lowest BCUT2D eigenvalue weighted by Crippen LogP contribution is -2.05. The Kier molecular flexibility index (Phi) is 6.96. The maximum absolute atomic E-state index is 13.0. The summed E-state index contributed by atoms with van der Waals surface area (Å²) in [4.78, 5) is 42.9. The number of H-pyrrole nitrogens is 2. The first-order chi connectivity index (χ1) is 19.1. The van der Waals surface area contributed by atoms with Crippen molar-refractivity contribution in [3.05, 3.63) is 69.3 Å². The monoisotopic (exact) mass is 538 g/mol. The fourth-order valence-electron chi connectivity index (χ4n) is 5.25. The van der Waals surface area contributed by atoms with E-state index in [9.17, 15) is 9.59 Å². The zero-order chi connectivity index (χ0) is 28.9. The molecule has 0 radical (unpaired) electrons. The van der Waals surface area contributed by atoms with Gasteiger partial charge in [-0.1, -0.05) is 0 Å².